The van der Waals surface area contributed by atoms with Crippen molar-refractivity contribution in [1.82, 2.24) is 14.8 Å². The zero-order chi connectivity index (χ0) is 20.1. The van der Waals surface area contributed by atoms with Gasteiger partial charge in [0.05, 0.1) is 7.11 Å². The Morgan fingerprint density at radius 1 is 1.32 bits per heavy atom. The summed E-state index contributed by atoms with van der Waals surface area (Å²) >= 11 is 1.71. The van der Waals surface area contributed by atoms with Crippen molar-refractivity contribution in [3.05, 3.63) is 40.7 Å². The predicted molar refractivity (Wildman–Crippen MR) is 111 cm³/mol. The van der Waals surface area contributed by atoms with Crippen LogP contribution in [0.3, 0.4) is 0 Å². The molecule has 1 aromatic heterocycles. The second-order valence-corrected chi connectivity index (χ2v) is 8.43. The number of anilines is 1. The lowest BCUT2D eigenvalue weighted by atomic mass is 10.1. The molecule has 0 amide bonds. The summed E-state index contributed by atoms with van der Waals surface area (Å²) in [7, 11) is 5.53. The van der Waals surface area contributed by atoms with Gasteiger partial charge in [-0.15, -0.1) is 11.3 Å². The van der Waals surface area contributed by atoms with Gasteiger partial charge in [-0.2, -0.15) is 0 Å². The predicted octanol–water partition coefficient (Wildman–Crippen LogP) is 2.43. The van der Waals surface area contributed by atoms with Gasteiger partial charge in [-0.1, -0.05) is 6.07 Å². The molecular formula is C20H29FN4O2S. The molecule has 1 atom stereocenters. The number of halogens is 1. The third-order valence-electron chi connectivity index (χ3n) is 5.09. The van der Waals surface area contributed by atoms with E-state index >= 15 is 0 Å². The average molecular weight is 409 g/mol. The Kier molecular flexibility index (Phi) is 7.23. The van der Waals surface area contributed by atoms with E-state index in [1.54, 1.807) is 23.5 Å². The molecule has 0 saturated carbocycles. The first-order chi connectivity index (χ1) is 13.5. The molecule has 8 heteroatoms. The molecule has 28 heavy (non-hydrogen) atoms. The fourth-order valence-corrected chi connectivity index (χ4v) is 4.41. The number of aliphatic hydroxyl groups excluding tert-OH is 1. The van der Waals surface area contributed by atoms with Crippen LogP contribution >= 0.6 is 11.3 Å². The molecule has 1 unspecified atom stereocenters. The molecule has 1 aliphatic rings. The van der Waals surface area contributed by atoms with Crippen LogP contribution in [-0.4, -0.2) is 73.4 Å². The number of rotatable bonds is 8. The molecule has 1 aromatic carbocycles. The minimum atomic E-state index is -0.245. The SMILES string of the molecule is COc1ccc(CN2CCN(Cc3cnc(N(C)C)s3)CC2CCO)c(F)c1. The number of hydrogen-bond donors (Lipinski definition) is 1. The van der Waals surface area contributed by atoms with Crippen LogP contribution in [0.5, 0.6) is 5.75 Å². The largest absolute Gasteiger partial charge is 0.497 e. The number of thiazole rings is 1. The van der Waals surface area contributed by atoms with Gasteiger partial charge in [0.15, 0.2) is 5.13 Å². The second-order valence-electron chi connectivity index (χ2n) is 7.33. The van der Waals surface area contributed by atoms with Gasteiger partial charge in [-0.3, -0.25) is 9.80 Å². The minimum absolute atomic E-state index is 0.130. The van der Waals surface area contributed by atoms with Crippen LogP contribution in [0, 0.1) is 5.82 Å². The van der Waals surface area contributed by atoms with E-state index in [2.05, 4.69) is 14.8 Å². The van der Waals surface area contributed by atoms with E-state index in [4.69, 9.17) is 4.74 Å². The topological polar surface area (TPSA) is 52.1 Å². The number of piperazine rings is 1. The number of nitrogens with zero attached hydrogens (tertiary/aromatic N) is 4. The van der Waals surface area contributed by atoms with E-state index < -0.39 is 0 Å². The van der Waals surface area contributed by atoms with Crippen molar-refractivity contribution < 1.29 is 14.2 Å². The summed E-state index contributed by atoms with van der Waals surface area (Å²) in [6.07, 6.45) is 2.63. The molecular weight excluding hydrogens is 379 g/mol. The molecule has 0 radical (unpaired) electrons. The second kappa shape index (κ2) is 9.65. The molecule has 1 saturated heterocycles. The van der Waals surface area contributed by atoms with E-state index in [0.717, 1.165) is 31.3 Å². The zero-order valence-corrected chi connectivity index (χ0v) is 17.6. The lowest BCUT2D eigenvalue weighted by molar-refractivity contribution is 0.0497. The number of benzene rings is 1. The number of ether oxygens (including phenoxy) is 1. The van der Waals surface area contributed by atoms with Crippen molar-refractivity contribution in [3.63, 3.8) is 0 Å². The van der Waals surface area contributed by atoms with E-state index in [1.165, 1.54) is 18.1 Å². The van der Waals surface area contributed by atoms with Crippen LogP contribution in [0.15, 0.2) is 24.4 Å². The number of aliphatic hydroxyl groups is 1. The van der Waals surface area contributed by atoms with Crippen LogP contribution in [0.1, 0.15) is 16.9 Å². The standard InChI is InChI=1S/C20H29FN4O2S/c1-23(2)20-22-11-18(28-20)14-24-7-8-25(16(13-24)6-9-26)12-15-4-5-17(27-3)10-19(15)21/h4-5,10-11,16,26H,6-9,12-14H2,1-3H3. The maximum absolute atomic E-state index is 14.4. The van der Waals surface area contributed by atoms with Gasteiger partial charge in [0.1, 0.15) is 11.6 Å². The van der Waals surface area contributed by atoms with E-state index in [1.807, 2.05) is 25.2 Å². The summed E-state index contributed by atoms with van der Waals surface area (Å²) in [4.78, 5) is 12.4. The monoisotopic (exact) mass is 408 g/mol. The van der Waals surface area contributed by atoms with Crippen LogP contribution < -0.4 is 9.64 Å². The molecule has 0 bridgehead atoms. The molecule has 2 heterocycles. The van der Waals surface area contributed by atoms with E-state index in [9.17, 15) is 9.50 Å². The average Bonchev–Trinajstić information content (AvgIpc) is 3.14. The van der Waals surface area contributed by atoms with Crippen LogP contribution in [0.4, 0.5) is 9.52 Å². The summed E-state index contributed by atoms with van der Waals surface area (Å²) < 4.78 is 19.4. The van der Waals surface area contributed by atoms with E-state index in [-0.39, 0.29) is 18.5 Å². The fraction of sp³-hybridized carbons (Fsp3) is 0.550. The third kappa shape index (κ3) is 5.20. The Balaban J connectivity index is 1.63. The lowest BCUT2D eigenvalue weighted by Crippen LogP contribution is -2.52. The Labute approximate surface area is 170 Å². The lowest BCUT2D eigenvalue weighted by Gasteiger charge is -2.41. The maximum Gasteiger partial charge on any atom is 0.185 e. The molecule has 1 aliphatic heterocycles. The number of methoxy groups -OCH3 is 1. The summed E-state index contributed by atoms with van der Waals surface area (Å²) in [5.74, 6) is 0.282. The van der Waals surface area contributed by atoms with Gasteiger partial charge >= 0.3 is 0 Å². The fourth-order valence-electron chi connectivity index (χ4n) is 3.53. The first kappa shape index (κ1) is 21.0. The minimum Gasteiger partial charge on any atom is -0.497 e. The zero-order valence-electron chi connectivity index (χ0n) is 16.8. The van der Waals surface area contributed by atoms with Gasteiger partial charge < -0.3 is 14.7 Å². The Hall–Kier alpha value is -1.74. The normalized spacial score (nSPS) is 18.4. The van der Waals surface area contributed by atoms with Gasteiger partial charge in [0.2, 0.25) is 0 Å². The highest BCUT2D eigenvalue weighted by Gasteiger charge is 2.27. The number of hydrogen-bond acceptors (Lipinski definition) is 7. The molecule has 6 nitrogen and oxygen atoms in total. The van der Waals surface area contributed by atoms with Crippen molar-refractivity contribution >= 4 is 16.5 Å². The highest BCUT2D eigenvalue weighted by molar-refractivity contribution is 7.15. The van der Waals surface area contributed by atoms with Crippen LogP contribution in [0.2, 0.25) is 0 Å². The maximum atomic E-state index is 14.4. The van der Waals surface area contributed by atoms with Crippen molar-refractivity contribution in [3.8, 4) is 5.75 Å². The van der Waals surface area contributed by atoms with Gasteiger partial charge in [0.25, 0.3) is 0 Å². The smallest absolute Gasteiger partial charge is 0.185 e. The van der Waals surface area contributed by atoms with Crippen molar-refractivity contribution in [2.75, 3.05) is 52.3 Å². The Bertz CT molecular complexity index is 770. The Morgan fingerprint density at radius 3 is 2.79 bits per heavy atom. The first-order valence-corrected chi connectivity index (χ1v) is 10.3. The quantitative estimate of drug-likeness (QED) is 0.724. The van der Waals surface area contributed by atoms with Crippen LogP contribution in [-0.2, 0) is 13.1 Å². The van der Waals surface area contributed by atoms with Crippen molar-refractivity contribution in [2.45, 2.75) is 25.6 Å². The van der Waals surface area contributed by atoms with Gasteiger partial charge in [-0.05, 0) is 12.5 Å². The summed E-state index contributed by atoms with van der Waals surface area (Å²) in [6, 6.07) is 5.21. The van der Waals surface area contributed by atoms with E-state index in [0.29, 0.717) is 24.3 Å². The van der Waals surface area contributed by atoms with Crippen molar-refractivity contribution in [2.24, 2.45) is 0 Å². The highest BCUT2D eigenvalue weighted by atomic mass is 32.1. The summed E-state index contributed by atoms with van der Waals surface area (Å²) in [5, 5.41) is 10.5. The summed E-state index contributed by atoms with van der Waals surface area (Å²) in [6.45, 7) is 4.14. The Morgan fingerprint density at radius 2 is 2.14 bits per heavy atom. The third-order valence-corrected chi connectivity index (χ3v) is 6.24. The molecule has 1 N–H and O–H groups in total. The van der Waals surface area contributed by atoms with Crippen molar-refractivity contribution in [1.29, 1.82) is 0 Å². The molecule has 2 aromatic rings. The van der Waals surface area contributed by atoms with Crippen LogP contribution in [0.25, 0.3) is 0 Å². The number of aromatic nitrogens is 1. The molecule has 1 fully saturated rings. The molecule has 0 spiro atoms. The molecule has 154 valence electrons. The molecule has 0 aliphatic carbocycles. The van der Waals surface area contributed by atoms with Gasteiger partial charge in [-0.25, -0.2) is 9.37 Å². The highest BCUT2D eigenvalue weighted by Crippen LogP contribution is 2.25. The first-order valence-electron chi connectivity index (χ1n) is 9.52. The molecule has 3 rings (SSSR count). The van der Waals surface area contributed by atoms with Gasteiger partial charge in [0, 0.05) is 82.2 Å². The summed E-state index contributed by atoms with van der Waals surface area (Å²) in [5.41, 5.74) is 0.662.